The Balaban J connectivity index is 2.68. The maximum absolute atomic E-state index is 14.5. The molecule has 1 aromatic carbocycles. The molecule has 2 rings (SSSR count). The van der Waals surface area contributed by atoms with Crippen molar-refractivity contribution in [2.24, 2.45) is 46.6 Å². The van der Waals surface area contributed by atoms with Crippen LogP contribution in [0.4, 0.5) is 0 Å². The largest absolute Gasteiger partial charge is 0.393 e. The van der Waals surface area contributed by atoms with Crippen molar-refractivity contribution in [2.75, 3.05) is 32.7 Å². The molecule has 0 aromatic heterocycles. The van der Waals surface area contributed by atoms with Crippen molar-refractivity contribution < 1.29 is 48.3 Å². The monoisotopic (exact) mass is 1040 g/mol. The molecular weight excluding hydrogens is 951 g/mol. The highest BCUT2D eigenvalue weighted by Crippen LogP contribution is 2.20. The molecular formula is C53H91N11O10. The van der Waals surface area contributed by atoms with E-state index in [4.69, 9.17) is 22.9 Å². The van der Waals surface area contributed by atoms with Crippen molar-refractivity contribution in [3.8, 4) is 0 Å². The molecule has 1 aromatic rings. The van der Waals surface area contributed by atoms with Crippen LogP contribution >= 0.6 is 0 Å². The molecule has 1 aliphatic rings. The second kappa shape index (κ2) is 35.8. The number of nitrogens with one attached hydrogen (secondary N) is 7. The Morgan fingerprint density at radius 3 is 1.68 bits per heavy atom. The van der Waals surface area contributed by atoms with E-state index in [0.717, 1.165) is 32.1 Å². The number of carbonyl (C=O) groups excluding carboxylic acids is 9. The van der Waals surface area contributed by atoms with Crippen LogP contribution in [0, 0.1) is 23.7 Å². The summed E-state index contributed by atoms with van der Waals surface area (Å²) in [6.07, 6.45) is 3.39. The zero-order valence-electron chi connectivity index (χ0n) is 44.7. The molecule has 7 amide bonds. The molecule has 0 spiro atoms. The van der Waals surface area contributed by atoms with Crippen LogP contribution in [0.1, 0.15) is 143 Å². The van der Waals surface area contributed by atoms with Gasteiger partial charge in [-0.1, -0.05) is 97.1 Å². The first-order chi connectivity index (χ1) is 35.3. The summed E-state index contributed by atoms with van der Waals surface area (Å²) < 4.78 is 0. The lowest BCUT2D eigenvalue weighted by molar-refractivity contribution is -0.136. The summed E-state index contributed by atoms with van der Waals surface area (Å²) in [4.78, 5) is 127. The summed E-state index contributed by atoms with van der Waals surface area (Å²) in [6.45, 7) is 9.20. The van der Waals surface area contributed by atoms with Gasteiger partial charge in [0.2, 0.25) is 41.4 Å². The van der Waals surface area contributed by atoms with Crippen LogP contribution in [0.3, 0.4) is 0 Å². The van der Waals surface area contributed by atoms with Crippen LogP contribution in [-0.4, -0.2) is 133 Å². The minimum absolute atomic E-state index is 0.00430. The summed E-state index contributed by atoms with van der Waals surface area (Å²) in [5.74, 6) is -8.30. The van der Waals surface area contributed by atoms with Gasteiger partial charge in [0.25, 0.3) is 0 Å². The highest BCUT2D eigenvalue weighted by atomic mass is 16.3. The number of amides is 7. The molecule has 1 fully saturated rings. The maximum atomic E-state index is 14.5. The molecule has 0 radical (unpaired) electrons. The maximum Gasteiger partial charge on any atom is 0.243 e. The van der Waals surface area contributed by atoms with Crippen LogP contribution in [0.2, 0.25) is 0 Å². The van der Waals surface area contributed by atoms with E-state index in [1.165, 1.54) is 0 Å². The number of rotatable bonds is 26. The molecule has 74 heavy (non-hydrogen) atoms. The van der Waals surface area contributed by atoms with Crippen LogP contribution in [0.25, 0.3) is 0 Å². The van der Waals surface area contributed by atoms with E-state index < -0.39 is 120 Å². The third kappa shape index (κ3) is 24.8. The molecule has 1 aliphatic heterocycles. The summed E-state index contributed by atoms with van der Waals surface area (Å²) in [5, 5.41) is 29.8. The number of benzene rings is 1. The Labute approximate surface area is 438 Å². The molecule has 0 aliphatic carbocycles. The van der Waals surface area contributed by atoms with Gasteiger partial charge in [-0.25, -0.2) is 0 Å². The number of ketones is 2. The lowest BCUT2D eigenvalue weighted by atomic mass is 9.89. The Hall–Kier alpha value is -5.35. The van der Waals surface area contributed by atoms with Crippen LogP contribution < -0.4 is 60.2 Å². The molecule has 418 valence electrons. The van der Waals surface area contributed by atoms with Gasteiger partial charge in [0, 0.05) is 31.2 Å². The minimum atomic E-state index is -1.24. The number of carbonyl (C=O) groups is 9. The van der Waals surface area contributed by atoms with E-state index >= 15 is 0 Å². The molecule has 0 unspecified atom stereocenters. The lowest BCUT2D eigenvalue weighted by Gasteiger charge is -2.28. The predicted octanol–water partition coefficient (Wildman–Crippen LogP) is 0.407. The highest BCUT2D eigenvalue weighted by molar-refractivity contribution is 5.98. The molecule has 9 atom stereocenters. The fourth-order valence-electron chi connectivity index (χ4n) is 8.93. The summed E-state index contributed by atoms with van der Waals surface area (Å²) in [5.41, 5.74) is 24.4. The number of unbranched alkanes of at least 4 members (excludes halogenated alkanes) is 4. The Morgan fingerprint density at radius 2 is 1.12 bits per heavy atom. The zero-order valence-corrected chi connectivity index (χ0v) is 44.7. The van der Waals surface area contributed by atoms with Gasteiger partial charge >= 0.3 is 0 Å². The Morgan fingerprint density at radius 1 is 0.622 bits per heavy atom. The average Bonchev–Trinajstić information content (AvgIpc) is 3.34. The van der Waals surface area contributed by atoms with Gasteiger partial charge < -0.3 is 65.3 Å². The van der Waals surface area contributed by atoms with Crippen LogP contribution in [0.5, 0.6) is 0 Å². The third-order valence-corrected chi connectivity index (χ3v) is 13.0. The van der Waals surface area contributed by atoms with Gasteiger partial charge in [-0.2, -0.15) is 0 Å². The first kappa shape index (κ1) is 64.8. The van der Waals surface area contributed by atoms with Crippen LogP contribution in [-0.2, 0) is 49.6 Å². The van der Waals surface area contributed by atoms with Crippen LogP contribution in [0.15, 0.2) is 30.3 Å². The molecule has 21 nitrogen and oxygen atoms in total. The number of hydrogen-bond donors (Lipinski definition) is 12. The minimum Gasteiger partial charge on any atom is -0.393 e. The topological polar surface area (TPSA) is 362 Å². The molecule has 1 saturated heterocycles. The van der Waals surface area contributed by atoms with E-state index in [2.05, 4.69) is 44.1 Å². The quantitative estimate of drug-likeness (QED) is 0.0560. The first-order valence-electron chi connectivity index (χ1n) is 26.9. The smallest absolute Gasteiger partial charge is 0.243 e. The number of aliphatic hydroxyl groups is 1. The molecule has 1 heterocycles. The number of Topliss-reactive ketones (excluding diaryl/α,β-unsaturated/α-hetero) is 2. The van der Waals surface area contributed by atoms with E-state index in [1.54, 1.807) is 30.3 Å². The second-order valence-corrected chi connectivity index (χ2v) is 20.6. The lowest BCUT2D eigenvalue weighted by Crippen LogP contribution is -2.59. The normalized spacial score (nSPS) is 23.2. The van der Waals surface area contributed by atoms with E-state index in [0.29, 0.717) is 12.0 Å². The number of nitrogens with two attached hydrogens (primary N) is 4. The third-order valence-electron chi connectivity index (χ3n) is 13.0. The van der Waals surface area contributed by atoms with Crippen molar-refractivity contribution >= 4 is 52.9 Å². The molecule has 0 bridgehead atoms. The van der Waals surface area contributed by atoms with Gasteiger partial charge in [-0.15, -0.1) is 0 Å². The second-order valence-electron chi connectivity index (χ2n) is 20.6. The summed E-state index contributed by atoms with van der Waals surface area (Å²) in [6, 6.07) is 1.80. The fraction of sp³-hybridized carbons (Fsp3) is 0.717. The summed E-state index contributed by atoms with van der Waals surface area (Å²) in [7, 11) is 0. The van der Waals surface area contributed by atoms with Crippen molar-refractivity contribution in [2.45, 2.75) is 186 Å². The van der Waals surface area contributed by atoms with Crippen molar-refractivity contribution in [1.82, 2.24) is 37.2 Å². The van der Waals surface area contributed by atoms with Gasteiger partial charge in [0.1, 0.15) is 24.2 Å². The molecule has 0 saturated carbocycles. The van der Waals surface area contributed by atoms with E-state index in [-0.39, 0.29) is 102 Å². The van der Waals surface area contributed by atoms with Gasteiger partial charge in [-0.05, 0) is 101 Å². The number of aliphatic hydroxyl groups excluding tert-OH is 1. The van der Waals surface area contributed by atoms with Gasteiger partial charge in [0.15, 0.2) is 11.6 Å². The summed E-state index contributed by atoms with van der Waals surface area (Å²) >= 11 is 0. The molecule has 16 N–H and O–H groups in total. The van der Waals surface area contributed by atoms with Crippen molar-refractivity contribution in [3.05, 3.63) is 35.9 Å². The Kier molecular flexibility index (Phi) is 31.3. The van der Waals surface area contributed by atoms with Gasteiger partial charge in [-0.3, -0.25) is 43.2 Å². The highest BCUT2D eigenvalue weighted by Gasteiger charge is 2.36. The van der Waals surface area contributed by atoms with E-state index in [1.807, 2.05) is 27.7 Å². The average molecular weight is 1040 g/mol. The fourth-order valence-corrected chi connectivity index (χ4v) is 8.93. The standard InChI is InChI=1S/C53H91N11O10/c1-6-7-8-9-13-16-38(65)32-47(68)59-39(17-22-54)45(66)30-36-21-26-58-50(71)43(27-33(2)3)64-52(73)42(20-25-57)61-51(72)41(19-24-56)62-53(74)44(28-34(4)5)63-49(70)37(29-35-14-11-10-12-15-35)31-46(67)40(18-23-55)60-48(36)69/h10-12,14-15,33-34,36-44,65H,6-9,13,16-32,54-57H2,1-5H3,(H,58,71)(H,59,68)(H,60,69)(H,61,72)(H,62,74)(H,63,70)(H,64,73)/t36-,37-,38+,39-,40-,41-,42-,43-,44-/m0/s1. The zero-order chi connectivity index (χ0) is 55.2. The first-order valence-corrected chi connectivity index (χ1v) is 26.9. The van der Waals surface area contributed by atoms with E-state index in [9.17, 15) is 48.3 Å². The predicted molar refractivity (Wildman–Crippen MR) is 283 cm³/mol. The molecule has 21 heteroatoms. The van der Waals surface area contributed by atoms with Gasteiger partial charge in [0.05, 0.1) is 24.6 Å². The SMILES string of the molecule is CCCCCCC[C@@H](O)CC(=O)N[C@@H](CCN)C(=O)C[C@@H]1CCNC(=O)[C@H](CC(C)C)NC(=O)[C@H](CCN)NC(=O)[C@H](CCN)NC(=O)[C@H](CC(C)C)NC(=O)[C@@H](Cc2ccccc2)CC(=O)[C@H](CCN)NC1=O. The Bertz CT molecular complexity index is 1920. The van der Waals surface area contributed by atoms with Crippen molar-refractivity contribution in [3.63, 3.8) is 0 Å². The number of hydrogen-bond acceptors (Lipinski definition) is 14. The van der Waals surface area contributed by atoms with Crippen molar-refractivity contribution in [1.29, 1.82) is 0 Å².